The molecule has 0 fully saturated rings. The second-order valence-electron chi connectivity index (χ2n) is 11.5. The van der Waals surface area contributed by atoms with E-state index >= 15 is 0 Å². The van der Waals surface area contributed by atoms with Crippen LogP contribution >= 0.6 is 0 Å². The third-order valence-corrected chi connectivity index (χ3v) is 8.22. The summed E-state index contributed by atoms with van der Waals surface area (Å²) in [5, 5.41) is 14.7. The van der Waals surface area contributed by atoms with Gasteiger partial charge in [0.15, 0.2) is 0 Å². The lowest BCUT2D eigenvalue weighted by atomic mass is 9.89. The number of hydrogen-bond acceptors (Lipinski definition) is 8. The lowest BCUT2D eigenvalue weighted by molar-refractivity contribution is 0.0470. The highest BCUT2D eigenvalue weighted by molar-refractivity contribution is 7.88. The second kappa shape index (κ2) is 16.0. The molecule has 1 aliphatic carbocycles. The Morgan fingerprint density at radius 1 is 0.894 bits per heavy atom. The average molecular weight is 668 g/mol. The molecule has 2 aromatic carbocycles. The van der Waals surface area contributed by atoms with Crippen molar-refractivity contribution in [3.8, 4) is 22.5 Å². The molecule has 0 saturated carbocycles. The zero-order valence-electron chi connectivity index (χ0n) is 27.5. The summed E-state index contributed by atoms with van der Waals surface area (Å²) >= 11 is 0. The van der Waals surface area contributed by atoms with E-state index in [4.69, 9.17) is 13.9 Å². The molecule has 1 amide bonds. The molecule has 252 valence electrons. The van der Waals surface area contributed by atoms with E-state index in [1.807, 2.05) is 74.1 Å². The van der Waals surface area contributed by atoms with Crippen molar-refractivity contribution < 1.29 is 37.0 Å². The van der Waals surface area contributed by atoms with Gasteiger partial charge in [-0.1, -0.05) is 0 Å². The Kier molecular flexibility index (Phi) is 12.1. The fraction of sp³-hybridized carbons (Fsp3) is 0.382. The third kappa shape index (κ3) is 9.61. The zero-order valence-corrected chi connectivity index (χ0v) is 28.3. The summed E-state index contributed by atoms with van der Waals surface area (Å²) in [6.45, 7) is 2.12. The van der Waals surface area contributed by atoms with Gasteiger partial charge >= 0.3 is 5.97 Å². The first kappa shape index (κ1) is 35.6. The van der Waals surface area contributed by atoms with E-state index in [1.54, 1.807) is 6.07 Å². The fourth-order valence-corrected chi connectivity index (χ4v) is 5.56. The molecule has 0 radical (unpaired) electrons. The van der Waals surface area contributed by atoms with E-state index in [1.165, 1.54) is 12.1 Å². The van der Waals surface area contributed by atoms with Gasteiger partial charge in [0.05, 0.1) is 37.7 Å². The fourth-order valence-electron chi connectivity index (χ4n) is 5.04. The molecule has 1 heterocycles. The Morgan fingerprint density at radius 3 is 2.32 bits per heavy atom. The van der Waals surface area contributed by atoms with Crippen LogP contribution in [-0.4, -0.2) is 99.4 Å². The van der Waals surface area contributed by atoms with E-state index < -0.39 is 16.0 Å². The standard InChI is InChI=1S/C34H42N4O8S/c1-37(2)24-9-12-27-30(21-24)46-31-22-25(38(3)4)10-13-28(31)32(27)29-20-23(8-11-26(29)34(40)41)33(39)35-15-17-45-19-18-44-16-7-6-14-36-47(5,42)43/h8-13,20-22,36H,6-7,14-19H2,1-5H3,(H-,35,39,40,41)/p+1. The highest BCUT2D eigenvalue weighted by Gasteiger charge is 2.24. The molecular weight excluding hydrogens is 624 g/mol. The minimum absolute atomic E-state index is 0.0683. The molecule has 1 aliphatic heterocycles. The maximum absolute atomic E-state index is 13.2. The first-order valence-electron chi connectivity index (χ1n) is 15.3. The Morgan fingerprint density at radius 2 is 1.64 bits per heavy atom. The number of amides is 1. The summed E-state index contributed by atoms with van der Waals surface area (Å²) < 4.78 is 43.9. The largest absolute Gasteiger partial charge is 0.478 e. The summed E-state index contributed by atoms with van der Waals surface area (Å²) in [6, 6.07) is 16.1. The Labute approximate surface area is 275 Å². The number of hydrogen-bond donors (Lipinski definition) is 3. The number of nitrogens with one attached hydrogen (secondary N) is 2. The van der Waals surface area contributed by atoms with Gasteiger partial charge in [0.1, 0.15) is 25.4 Å². The number of carboxylic acids is 1. The van der Waals surface area contributed by atoms with Gasteiger partial charge < -0.3 is 29.2 Å². The first-order chi connectivity index (χ1) is 22.4. The Hall–Kier alpha value is -4.30. The summed E-state index contributed by atoms with van der Waals surface area (Å²) in [7, 11) is 4.57. The molecule has 3 N–H and O–H groups in total. The number of carboxylic acid groups (broad SMARTS) is 1. The molecule has 12 nitrogen and oxygen atoms in total. The van der Waals surface area contributed by atoms with E-state index in [0.717, 1.165) is 34.7 Å². The highest BCUT2D eigenvalue weighted by Crippen LogP contribution is 2.42. The van der Waals surface area contributed by atoms with Crippen LogP contribution in [0.15, 0.2) is 59.0 Å². The van der Waals surface area contributed by atoms with E-state index in [9.17, 15) is 23.1 Å². The maximum atomic E-state index is 13.2. The third-order valence-electron chi connectivity index (χ3n) is 7.49. The number of aromatic carboxylic acids is 1. The number of ether oxygens (including phenoxy) is 2. The van der Waals surface area contributed by atoms with Gasteiger partial charge in [-0.2, -0.15) is 0 Å². The molecule has 0 saturated heterocycles. The number of carbonyl (C=O) groups is 2. The summed E-state index contributed by atoms with van der Waals surface area (Å²) in [4.78, 5) is 27.6. The number of benzene rings is 3. The van der Waals surface area contributed by atoms with E-state index in [-0.39, 0.29) is 24.6 Å². The average Bonchev–Trinajstić information content (AvgIpc) is 3.02. The van der Waals surface area contributed by atoms with Crippen molar-refractivity contribution in [2.75, 3.05) is 78.9 Å². The van der Waals surface area contributed by atoms with Gasteiger partial charge in [-0.3, -0.25) is 4.79 Å². The molecule has 2 aromatic rings. The van der Waals surface area contributed by atoms with Gasteiger partial charge in [0, 0.05) is 73.7 Å². The quantitative estimate of drug-likeness (QED) is 0.0931. The highest BCUT2D eigenvalue weighted by atomic mass is 32.2. The molecule has 4 rings (SSSR count). The second-order valence-corrected chi connectivity index (χ2v) is 13.4. The summed E-state index contributed by atoms with van der Waals surface area (Å²) in [5.41, 5.74) is 3.70. The zero-order chi connectivity index (χ0) is 34.1. The molecule has 2 aliphatic rings. The number of unbranched alkanes of at least 4 members (excludes halogenated alkanes) is 1. The maximum Gasteiger partial charge on any atom is 0.336 e. The predicted molar refractivity (Wildman–Crippen MR) is 183 cm³/mol. The van der Waals surface area contributed by atoms with Gasteiger partial charge in [0.2, 0.25) is 15.4 Å². The molecule has 0 unspecified atom stereocenters. The number of anilines is 1. The summed E-state index contributed by atoms with van der Waals surface area (Å²) in [5.74, 6) is -0.874. The number of nitrogens with zero attached hydrogens (tertiary/aromatic N) is 2. The van der Waals surface area contributed by atoms with Crippen LogP contribution in [0, 0.1) is 0 Å². The van der Waals surface area contributed by atoms with Crippen molar-refractivity contribution in [2.24, 2.45) is 0 Å². The SMILES string of the molecule is CN(C)c1ccc2c(-c3cc(C(=O)NCCOCCOCCCCNS(C)(=O)=O)ccc3C(=O)O)c3ccc(=[N+](C)C)cc-3oc2c1. The van der Waals surface area contributed by atoms with Crippen molar-refractivity contribution in [1.29, 1.82) is 0 Å². The molecule has 0 spiro atoms. The number of carbonyl (C=O) groups excluding carboxylic acids is 1. The van der Waals surface area contributed by atoms with Crippen LogP contribution in [-0.2, 0) is 19.5 Å². The summed E-state index contributed by atoms with van der Waals surface area (Å²) in [6.07, 6.45) is 2.52. The molecule has 0 atom stereocenters. The molecule has 0 bridgehead atoms. The van der Waals surface area contributed by atoms with Crippen LogP contribution in [0.2, 0.25) is 0 Å². The van der Waals surface area contributed by atoms with E-state index in [0.29, 0.717) is 60.8 Å². The van der Waals surface area contributed by atoms with Gasteiger partial charge in [-0.15, -0.1) is 0 Å². The topological polar surface area (TPSA) is 150 Å². The van der Waals surface area contributed by atoms with Crippen LogP contribution in [0.3, 0.4) is 0 Å². The molecule has 47 heavy (non-hydrogen) atoms. The van der Waals surface area contributed by atoms with Crippen molar-refractivity contribution >= 4 is 38.6 Å². The van der Waals surface area contributed by atoms with Crippen molar-refractivity contribution in [3.05, 3.63) is 71.1 Å². The number of rotatable bonds is 16. The molecular formula is C34H43N4O8S+. The first-order valence-corrected chi connectivity index (χ1v) is 17.2. The van der Waals surface area contributed by atoms with Crippen LogP contribution in [0.4, 0.5) is 5.69 Å². The van der Waals surface area contributed by atoms with Crippen LogP contribution in [0.25, 0.3) is 33.4 Å². The van der Waals surface area contributed by atoms with Crippen molar-refractivity contribution in [1.82, 2.24) is 14.6 Å². The normalized spacial score (nSPS) is 11.6. The van der Waals surface area contributed by atoms with Crippen LogP contribution in [0.5, 0.6) is 0 Å². The Bertz CT molecular complexity index is 1880. The van der Waals surface area contributed by atoms with Gasteiger partial charge in [-0.25, -0.2) is 22.5 Å². The lowest BCUT2D eigenvalue weighted by Gasteiger charge is -2.19. The van der Waals surface area contributed by atoms with Gasteiger partial charge in [-0.05, 0) is 54.8 Å². The number of sulfonamides is 1. The minimum Gasteiger partial charge on any atom is -0.478 e. The van der Waals surface area contributed by atoms with Gasteiger partial charge in [0.25, 0.3) is 5.91 Å². The molecule has 13 heteroatoms. The minimum atomic E-state index is -3.17. The predicted octanol–water partition coefficient (Wildman–Crippen LogP) is 3.09. The van der Waals surface area contributed by atoms with Crippen LogP contribution < -0.4 is 24.9 Å². The van der Waals surface area contributed by atoms with Crippen LogP contribution in [0.1, 0.15) is 33.6 Å². The number of fused-ring (bicyclic) bond motifs is 2. The lowest BCUT2D eigenvalue weighted by Crippen LogP contribution is -2.27. The van der Waals surface area contributed by atoms with E-state index in [2.05, 4.69) is 10.0 Å². The van der Waals surface area contributed by atoms with Crippen molar-refractivity contribution in [3.63, 3.8) is 0 Å². The smallest absolute Gasteiger partial charge is 0.336 e. The monoisotopic (exact) mass is 667 g/mol. The Balaban J connectivity index is 1.49. The molecule has 0 aromatic heterocycles. The van der Waals surface area contributed by atoms with Crippen molar-refractivity contribution in [2.45, 2.75) is 12.8 Å².